The second-order valence-electron chi connectivity index (χ2n) is 9.04. The van der Waals surface area contributed by atoms with Gasteiger partial charge in [-0.15, -0.1) is 0 Å². The van der Waals surface area contributed by atoms with Crippen molar-refractivity contribution >= 4 is 40.7 Å². The Bertz CT molecular complexity index is 1940. The number of thiazole rings is 1. The molecule has 0 N–H and O–H groups in total. The molecule has 1 aliphatic rings. The van der Waals surface area contributed by atoms with Crippen molar-refractivity contribution in [1.29, 1.82) is 0 Å². The highest BCUT2D eigenvalue weighted by molar-refractivity contribution is 7.07. The lowest BCUT2D eigenvalue weighted by atomic mass is 9.95. The quantitative estimate of drug-likeness (QED) is 0.160. The normalized spacial score (nSPS) is 14.8. The van der Waals surface area contributed by atoms with E-state index in [0.29, 0.717) is 33.3 Å². The summed E-state index contributed by atoms with van der Waals surface area (Å²) in [5.41, 5.74) is 0.847. The largest absolute Gasteiger partial charge is 0.493 e. The fourth-order valence-electron chi connectivity index (χ4n) is 4.70. The Morgan fingerprint density at radius 3 is 2.62 bits per heavy atom. The molecule has 0 amide bonds. The van der Waals surface area contributed by atoms with Gasteiger partial charge in [-0.3, -0.25) is 19.5 Å². The minimum atomic E-state index is -0.855. The number of halogens is 1. The third-order valence-corrected chi connectivity index (χ3v) is 7.78. The summed E-state index contributed by atoms with van der Waals surface area (Å²) in [6.07, 6.45) is 1.53. The molecule has 0 bridgehead atoms. The minimum Gasteiger partial charge on any atom is -0.493 e. The van der Waals surface area contributed by atoms with Crippen molar-refractivity contribution in [3.63, 3.8) is 0 Å². The van der Waals surface area contributed by atoms with Crippen molar-refractivity contribution in [3.8, 4) is 22.8 Å². The lowest BCUT2D eigenvalue weighted by Crippen LogP contribution is -2.39. The molecule has 13 heteroatoms. The molecule has 1 aliphatic heterocycles. The van der Waals surface area contributed by atoms with Gasteiger partial charge in [-0.05, 0) is 55.8 Å². The Hall–Kier alpha value is -4.68. The Morgan fingerprint density at radius 1 is 1.17 bits per heavy atom. The van der Waals surface area contributed by atoms with Crippen LogP contribution >= 0.6 is 22.9 Å². The van der Waals surface area contributed by atoms with Crippen LogP contribution in [0.4, 0.5) is 5.69 Å². The number of nitrogens with zero attached hydrogens (tertiary/aromatic N) is 3. The van der Waals surface area contributed by atoms with Crippen LogP contribution in [0.1, 0.15) is 31.2 Å². The van der Waals surface area contributed by atoms with Crippen LogP contribution in [0.25, 0.3) is 17.4 Å². The summed E-state index contributed by atoms with van der Waals surface area (Å²) in [5, 5.41) is 11.8. The number of ether oxygens (including phenoxy) is 3. The number of esters is 1. The van der Waals surface area contributed by atoms with Gasteiger partial charge in [0.05, 0.1) is 53.2 Å². The minimum absolute atomic E-state index is 0.144. The number of allylic oxidation sites excluding steroid dienone is 1. The molecular formula is C29H24ClN3O8S. The molecule has 42 heavy (non-hydrogen) atoms. The number of hydrogen-bond acceptors (Lipinski definition) is 10. The fourth-order valence-corrected chi connectivity index (χ4v) is 5.89. The number of hydrogen-bond donors (Lipinski definition) is 0. The summed E-state index contributed by atoms with van der Waals surface area (Å²) < 4.78 is 23.8. The number of aromatic nitrogens is 1. The first-order valence-electron chi connectivity index (χ1n) is 12.6. The molecule has 0 aliphatic carbocycles. The number of fused-ring (bicyclic) bond motifs is 1. The maximum atomic E-state index is 13.9. The molecule has 0 saturated heterocycles. The summed E-state index contributed by atoms with van der Waals surface area (Å²) >= 11 is 7.06. The van der Waals surface area contributed by atoms with E-state index in [1.165, 1.54) is 43.1 Å². The molecule has 1 atom stereocenters. The van der Waals surface area contributed by atoms with E-state index in [1.54, 1.807) is 44.2 Å². The van der Waals surface area contributed by atoms with Crippen LogP contribution in [0.3, 0.4) is 0 Å². The molecule has 4 aromatic rings. The summed E-state index contributed by atoms with van der Waals surface area (Å²) in [4.78, 5) is 43.0. The highest BCUT2D eigenvalue weighted by atomic mass is 35.5. The van der Waals surface area contributed by atoms with Crippen LogP contribution < -0.4 is 24.4 Å². The molecule has 3 heterocycles. The highest BCUT2D eigenvalue weighted by Gasteiger charge is 2.34. The third kappa shape index (κ3) is 5.21. The number of rotatable bonds is 8. The first kappa shape index (κ1) is 28.8. The second kappa shape index (κ2) is 11.7. The van der Waals surface area contributed by atoms with E-state index in [4.69, 9.17) is 30.2 Å². The van der Waals surface area contributed by atoms with Crippen LogP contribution in [-0.2, 0) is 9.53 Å². The van der Waals surface area contributed by atoms with Crippen LogP contribution in [0.15, 0.2) is 74.0 Å². The topological polar surface area (TPSA) is 135 Å². The van der Waals surface area contributed by atoms with Gasteiger partial charge in [0.2, 0.25) is 0 Å². The van der Waals surface area contributed by atoms with Gasteiger partial charge in [0.1, 0.15) is 11.5 Å². The van der Waals surface area contributed by atoms with E-state index in [-0.39, 0.29) is 38.7 Å². The van der Waals surface area contributed by atoms with Crippen molar-refractivity contribution in [3.05, 3.63) is 106 Å². The maximum Gasteiger partial charge on any atom is 0.338 e. The smallest absolute Gasteiger partial charge is 0.338 e. The van der Waals surface area contributed by atoms with Crippen LogP contribution in [0.2, 0.25) is 5.02 Å². The van der Waals surface area contributed by atoms with Gasteiger partial charge in [-0.25, -0.2) is 9.79 Å². The summed E-state index contributed by atoms with van der Waals surface area (Å²) in [6, 6.07) is 11.8. The molecule has 0 saturated carbocycles. The van der Waals surface area contributed by atoms with E-state index in [2.05, 4.69) is 4.99 Å². The van der Waals surface area contributed by atoms with Gasteiger partial charge in [0.15, 0.2) is 16.3 Å². The molecule has 2 aromatic carbocycles. The van der Waals surface area contributed by atoms with Crippen LogP contribution in [-0.4, -0.2) is 36.3 Å². The number of furan rings is 1. The lowest BCUT2D eigenvalue weighted by Gasteiger charge is -2.25. The summed E-state index contributed by atoms with van der Waals surface area (Å²) in [6.45, 7) is 3.53. The number of methoxy groups -OCH3 is 2. The molecule has 0 spiro atoms. The molecule has 0 radical (unpaired) electrons. The van der Waals surface area contributed by atoms with E-state index < -0.39 is 22.5 Å². The average Bonchev–Trinajstić information content (AvgIpc) is 3.55. The van der Waals surface area contributed by atoms with Gasteiger partial charge in [0.25, 0.3) is 11.2 Å². The Balaban J connectivity index is 1.65. The highest BCUT2D eigenvalue weighted by Crippen LogP contribution is 2.36. The maximum absolute atomic E-state index is 13.9. The third-order valence-electron chi connectivity index (χ3n) is 6.56. The van der Waals surface area contributed by atoms with Crippen molar-refractivity contribution in [1.82, 2.24) is 4.57 Å². The summed E-state index contributed by atoms with van der Waals surface area (Å²) in [5.74, 6) is 0.855. The van der Waals surface area contributed by atoms with E-state index in [9.17, 15) is 19.7 Å². The van der Waals surface area contributed by atoms with E-state index in [1.807, 2.05) is 0 Å². The van der Waals surface area contributed by atoms with Gasteiger partial charge in [-0.1, -0.05) is 29.0 Å². The number of carbonyl (C=O) groups excluding carboxylic acids is 1. The monoisotopic (exact) mass is 609 g/mol. The standard InChI is InChI=1S/C29H24ClN3O8S/c1-5-40-28(35)25-15(2)31-29-32(26(25)16-6-10-22(38-3)23(12-16)39-4)27(34)24(42-29)14-18-8-11-21(41-18)19-9-7-17(30)13-20(19)33(36)37/h6-14,26H,5H2,1-4H3/b24-14-/t26-/m0/s1. The number of nitro groups is 1. The van der Waals surface area contributed by atoms with Crippen molar-refractivity contribution in [2.24, 2.45) is 4.99 Å². The zero-order valence-electron chi connectivity index (χ0n) is 22.9. The number of carbonyl (C=O) groups is 1. The van der Waals surface area contributed by atoms with Crippen molar-refractivity contribution in [2.75, 3.05) is 20.8 Å². The molecule has 0 fully saturated rings. The van der Waals surface area contributed by atoms with Gasteiger partial charge in [-0.2, -0.15) is 0 Å². The van der Waals surface area contributed by atoms with Gasteiger partial charge < -0.3 is 18.6 Å². The number of nitro benzene ring substituents is 1. The van der Waals surface area contributed by atoms with Crippen LogP contribution in [0.5, 0.6) is 11.5 Å². The molecule has 11 nitrogen and oxygen atoms in total. The molecule has 5 rings (SSSR count). The van der Waals surface area contributed by atoms with Crippen molar-refractivity contribution < 1.29 is 28.3 Å². The molecule has 2 aromatic heterocycles. The van der Waals surface area contributed by atoms with Gasteiger partial charge >= 0.3 is 5.97 Å². The van der Waals surface area contributed by atoms with Crippen LogP contribution in [0, 0.1) is 10.1 Å². The first-order valence-corrected chi connectivity index (χ1v) is 13.8. The Kier molecular flexibility index (Phi) is 8.01. The van der Waals surface area contributed by atoms with E-state index in [0.717, 1.165) is 11.3 Å². The predicted molar refractivity (Wildman–Crippen MR) is 156 cm³/mol. The van der Waals surface area contributed by atoms with Gasteiger partial charge in [0, 0.05) is 17.2 Å². The predicted octanol–water partition coefficient (Wildman–Crippen LogP) is 4.64. The number of benzene rings is 2. The average molecular weight is 610 g/mol. The zero-order chi connectivity index (χ0) is 30.1. The molecule has 216 valence electrons. The second-order valence-corrected chi connectivity index (χ2v) is 10.5. The zero-order valence-corrected chi connectivity index (χ0v) is 24.4. The molecular weight excluding hydrogens is 586 g/mol. The molecule has 0 unspecified atom stereocenters. The lowest BCUT2D eigenvalue weighted by molar-refractivity contribution is -0.384. The van der Waals surface area contributed by atoms with Crippen molar-refractivity contribution in [2.45, 2.75) is 19.9 Å². The SMILES string of the molecule is CCOC(=O)C1=C(C)N=c2s/c(=C\c3ccc(-c4ccc(Cl)cc4[N+](=O)[O-])o3)c(=O)n2[C@H]1c1ccc(OC)c(OC)c1. The fraction of sp³-hybridized carbons (Fsp3) is 0.207. The summed E-state index contributed by atoms with van der Waals surface area (Å²) in [7, 11) is 3.01. The Morgan fingerprint density at radius 2 is 1.93 bits per heavy atom. The first-order chi connectivity index (χ1) is 20.2. The van der Waals surface area contributed by atoms with E-state index >= 15 is 0 Å². The Labute approximate surface area is 247 Å².